The number of hydrogen-bond donors (Lipinski definition) is 0. The summed E-state index contributed by atoms with van der Waals surface area (Å²) in [6.07, 6.45) is 0. The van der Waals surface area contributed by atoms with Crippen LogP contribution < -0.4 is 0 Å². The minimum Gasteiger partial charge on any atom is -0.456 e. The van der Waals surface area contributed by atoms with Gasteiger partial charge in [0.25, 0.3) is 0 Å². The molecule has 1 heteroatoms. The van der Waals surface area contributed by atoms with E-state index in [0.717, 1.165) is 0 Å². The van der Waals surface area contributed by atoms with E-state index in [0.29, 0.717) is 38.2 Å². The average Bonchev–Trinajstić information content (AvgIpc) is 3.61. The topological polar surface area (TPSA) is 13.1 Å². The van der Waals surface area contributed by atoms with Gasteiger partial charge in [0.2, 0.25) is 0 Å². The van der Waals surface area contributed by atoms with Crippen LogP contribution in [0.3, 0.4) is 0 Å². The molecular weight excluding hydrogens is 520 g/mol. The fourth-order valence-corrected chi connectivity index (χ4v) is 5.96. The Balaban J connectivity index is 1.48. The van der Waals surface area contributed by atoms with Gasteiger partial charge in [-0.2, -0.15) is 0 Å². The Labute approximate surface area is 267 Å². The molecule has 0 aliphatic carbocycles. The fraction of sp³-hybridized carbons (Fsp3) is 0. The molecule has 8 aromatic carbocycles. The highest BCUT2D eigenvalue weighted by Crippen LogP contribution is 2.47. The third kappa shape index (κ3) is 3.72. The Morgan fingerprint density at radius 2 is 1.07 bits per heavy atom. The lowest BCUT2D eigenvalue weighted by Gasteiger charge is -2.18. The van der Waals surface area contributed by atoms with Gasteiger partial charge in [0.05, 0.1) is 17.8 Å². The highest BCUT2D eigenvalue weighted by atomic mass is 16.3. The predicted octanol–water partition coefficient (Wildman–Crippen LogP) is 12.0. The molecular formula is C42H26O. The van der Waals surface area contributed by atoms with E-state index in [-0.39, 0.29) is 79.6 Å². The van der Waals surface area contributed by atoms with Crippen LogP contribution in [0.1, 0.15) is 17.8 Å². The van der Waals surface area contributed by atoms with E-state index in [1.54, 1.807) is 78.9 Å². The number of benzene rings is 8. The Morgan fingerprint density at radius 3 is 1.81 bits per heavy atom. The van der Waals surface area contributed by atoms with E-state index >= 15 is 0 Å². The van der Waals surface area contributed by atoms with E-state index in [1.165, 1.54) is 0 Å². The molecule has 43 heavy (non-hydrogen) atoms. The van der Waals surface area contributed by atoms with Gasteiger partial charge >= 0.3 is 0 Å². The molecule has 9 aromatic rings. The number of rotatable bonds is 3. The van der Waals surface area contributed by atoms with Gasteiger partial charge in [-0.25, -0.2) is 0 Å². The summed E-state index contributed by atoms with van der Waals surface area (Å²) < 4.78 is 122. The molecule has 1 heterocycles. The summed E-state index contributed by atoms with van der Waals surface area (Å²) in [4.78, 5) is 0. The molecule has 0 saturated carbocycles. The van der Waals surface area contributed by atoms with Crippen molar-refractivity contribution < 1.29 is 22.2 Å². The van der Waals surface area contributed by atoms with Gasteiger partial charge in [0, 0.05) is 10.8 Å². The van der Waals surface area contributed by atoms with E-state index in [4.69, 9.17) is 15.4 Å². The number of hydrogen-bond acceptors (Lipinski definition) is 1. The van der Waals surface area contributed by atoms with Gasteiger partial charge < -0.3 is 4.42 Å². The first kappa shape index (κ1) is 14.5. The molecule has 0 N–H and O–H groups in total. The van der Waals surface area contributed by atoms with Crippen molar-refractivity contribution in [2.24, 2.45) is 0 Å². The standard InChI is InChI=1S/C42H26O/c1-2-11-27(12-3-1)30-23-24-36-39(26-30)43-38-20-10-19-37(42(36)38)41-34-17-8-6-15-32(34)40(33-16-7-9-18-35(33)41)31-22-21-28-13-4-5-14-29(28)25-31/h1-26H/i4D,5D,10D,13D,14D,19D,20D,21D,22D,23D,24D,25D,26D. The van der Waals surface area contributed by atoms with Crippen LogP contribution in [-0.4, -0.2) is 0 Å². The average molecular weight is 560 g/mol. The zero-order chi connectivity index (χ0) is 39.6. The van der Waals surface area contributed by atoms with Gasteiger partial charge in [-0.3, -0.25) is 0 Å². The highest BCUT2D eigenvalue weighted by molar-refractivity contribution is 6.25. The number of fused-ring (bicyclic) bond motifs is 6. The molecule has 1 aromatic heterocycles. The van der Waals surface area contributed by atoms with Crippen molar-refractivity contribution in [3.8, 4) is 33.4 Å². The van der Waals surface area contributed by atoms with Crippen molar-refractivity contribution in [3.63, 3.8) is 0 Å². The second-order valence-corrected chi connectivity index (χ2v) is 10.2. The summed E-state index contributed by atoms with van der Waals surface area (Å²) >= 11 is 0. The molecule has 0 spiro atoms. The van der Waals surface area contributed by atoms with Crippen molar-refractivity contribution >= 4 is 54.3 Å². The number of furan rings is 1. The monoisotopic (exact) mass is 559 g/mol. The summed E-state index contributed by atoms with van der Waals surface area (Å²) in [7, 11) is 0. The zero-order valence-corrected chi connectivity index (χ0v) is 22.4. The van der Waals surface area contributed by atoms with E-state index < -0.39 is 48.3 Å². The summed E-state index contributed by atoms with van der Waals surface area (Å²) in [6, 6.07) is 17.5. The van der Waals surface area contributed by atoms with Crippen molar-refractivity contribution in [1.82, 2.24) is 0 Å². The summed E-state index contributed by atoms with van der Waals surface area (Å²) in [6.45, 7) is 0. The van der Waals surface area contributed by atoms with Crippen LogP contribution in [0.25, 0.3) is 87.6 Å². The van der Waals surface area contributed by atoms with Crippen LogP contribution in [0.5, 0.6) is 0 Å². The third-order valence-corrected chi connectivity index (χ3v) is 7.82. The van der Waals surface area contributed by atoms with Crippen molar-refractivity contribution in [2.45, 2.75) is 0 Å². The molecule has 0 aliphatic heterocycles. The molecule has 0 atom stereocenters. The van der Waals surface area contributed by atoms with Crippen LogP contribution in [0.4, 0.5) is 0 Å². The van der Waals surface area contributed by atoms with Crippen LogP contribution in [0.15, 0.2) is 162 Å². The lowest BCUT2D eigenvalue weighted by atomic mass is 9.84. The van der Waals surface area contributed by atoms with Crippen LogP contribution in [-0.2, 0) is 0 Å². The Hall–Kier alpha value is -5.66. The fourth-order valence-electron chi connectivity index (χ4n) is 5.96. The van der Waals surface area contributed by atoms with Gasteiger partial charge in [-0.1, -0.05) is 133 Å². The maximum Gasteiger partial charge on any atom is 0.136 e. The van der Waals surface area contributed by atoms with Crippen LogP contribution in [0, 0.1) is 0 Å². The smallest absolute Gasteiger partial charge is 0.136 e. The van der Waals surface area contributed by atoms with Gasteiger partial charge in [0.15, 0.2) is 0 Å². The SMILES string of the molecule is [2H]c1c([2H])c(-c2c3ccccc3c(-c3c([2H])c([2H])c4c([2H])c([2H])c([2H])c([2H])c4c3[2H])c3ccccc23)c2c(oc3c([2H])c(-c4ccccc4)c([2H])c([2H])c32)c1[2H]. The molecule has 0 radical (unpaired) electrons. The van der Waals surface area contributed by atoms with Gasteiger partial charge in [-0.05, 0) is 89.9 Å². The first-order valence-corrected chi connectivity index (χ1v) is 13.7. The van der Waals surface area contributed by atoms with E-state index in [9.17, 15) is 6.85 Å². The van der Waals surface area contributed by atoms with Crippen molar-refractivity contribution in [2.75, 3.05) is 0 Å². The molecule has 0 bridgehead atoms. The second kappa shape index (κ2) is 9.44. The minimum atomic E-state index is -0.568. The Bertz CT molecular complexity index is 3170. The molecule has 0 fully saturated rings. The maximum atomic E-state index is 9.40. The van der Waals surface area contributed by atoms with Gasteiger partial charge in [0.1, 0.15) is 11.2 Å². The maximum absolute atomic E-state index is 9.40. The summed E-state index contributed by atoms with van der Waals surface area (Å²) in [5.74, 6) is 0. The van der Waals surface area contributed by atoms with Crippen molar-refractivity contribution in [1.29, 1.82) is 0 Å². The van der Waals surface area contributed by atoms with Crippen LogP contribution >= 0.6 is 0 Å². The quantitative estimate of drug-likeness (QED) is 0.196. The lowest BCUT2D eigenvalue weighted by Crippen LogP contribution is -1.91. The molecule has 0 amide bonds. The first-order chi connectivity index (χ1) is 26.8. The largest absolute Gasteiger partial charge is 0.456 e. The van der Waals surface area contributed by atoms with Crippen LogP contribution in [0.2, 0.25) is 0 Å². The lowest BCUT2D eigenvalue weighted by molar-refractivity contribution is 0.669. The summed E-state index contributed by atoms with van der Waals surface area (Å²) in [5.41, 5.74) is 1.36. The molecule has 0 aliphatic rings. The highest BCUT2D eigenvalue weighted by Gasteiger charge is 2.20. The second-order valence-electron chi connectivity index (χ2n) is 10.2. The molecule has 200 valence electrons. The Morgan fingerprint density at radius 1 is 0.419 bits per heavy atom. The van der Waals surface area contributed by atoms with Crippen molar-refractivity contribution in [3.05, 3.63) is 157 Å². The molecule has 1 nitrogen and oxygen atoms in total. The summed E-state index contributed by atoms with van der Waals surface area (Å²) in [5, 5.41) is 1.64. The molecule has 0 unspecified atom stereocenters. The van der Waals surface area contributed by atoms with E-state index in [2.05, 4.69) is 0 Å². The normalized spacial score (nSPS) is 16.0. The minimum absolute atomic E-state index is 0.0289. The first-order valence-electron chi connectivity index (χ1n) is 20.2. The Kier molecular flexibility index (Phi) is 3.18. The third-order valence-electron chi connectivity index (χ3n) is 7.82. The molecule has 9 rings (SSSR count). The predicted molar refractivity (Wildman–Crippen MR) is 183 cm³/mol. The zero-order valence-electron chi connectivity index (χ0n) is 35.4. The van der Waals surface area contributed by atoms with E-state index in [1.807, 2.05) is 0 Å². The molecule has 0 saturated heterocycles. The van der Waals surface area contributed by atoms with Gasteiger partial charge in [-0.15, -0.1) is 0 Å².